The van der Waals surface area contributed by atoms with Crippen LogP contribution in [0.1, 0.15) is 5.56 Å². The van der Waals surface area contributed by atoms with Gasteiger partial charge in [-0.15, -0.1) is 0 Å². The van der Waals surface area contributed by atoms with Crippen LogP contribution in [0.25, 0.3) is 5.76 Å². The van der Waals surface area contributed by atoms with Gasteiger partial charge in [0.2, 0.25) is 5.76 Å². The number of para-hydroxylation sites is 2. The number of rotatable bonds is 6. The zero-order valence-electron chi connectivity index (χ0n) is 13.2. The Morgan fingerprint density at radius 1 is 0.826 bits per heavy atom. The lowest BCUT2D eigenvalue weighted by molar-refractivity contribution is -0.133. The quantitative estimate of drug-likeness (QED) is 0.354. The highest BCUT2D eigenvalue weighted by Gasteiger charge is 2.23. The van der Waals surface area contributed by atoms with Crippen LogP contribution in [0.2, 0.25) is 0 Å². The molecule has 0 bridgehead atoms. The predicted octanol–water partition coefficient (Wildman–Crippen LogP) is 3.26. The maximum atomic E-state index is 12.4. The molecule has 5 nitrogen and oxygen atoms in total. The monoisotopic (exact) mass is 314 g/mol. The molecule has 2 rings (SSSR count). The van der Waals surface area contributed by atoms with Gasteiger partial charge < -0.3 is 18.9 Å². The normalized spacial score (nSPS) is 11.3. The molecule has 0 unspecified atom stereocenters. The molecule has 0 saturated carbocycles. The van der Waals surface area contributed by atoms with Crippen LogP contribution in [0, 0.1) is 0 Å². The minimum Gasteiger partial charge on any atom is -0.496 e. The van der Waals surface area contributed by atoms with Gasteiger partial charge in [0.15, 0.2) is 5.76 Å². The second-order valence-electron chi connectivity index (χ2n) is 4.47. The summed E-state index contributed by atoms with van der Waals surface area (Å²) in [6.45, 7) is 0. The maximum absolute atomic E-state index is 12.4. The van der Waals surface area contributed by atoms with Crippen molar-refractivity contribution < 1.29 is 23.7 Å². The minimum atomic E-state index is -0.651. The number of ether oxygens (including phenoxy) is 4. The largest absolute Gasteiger partial charge is 0.496 e. The topological polar surface area (TPSA) is 54.0 Å². The number of methoxy groups -OCH3 is 3. The standard InChI is InChI=1S/C18H18O5/c1-20-15-12-8-7-11-14(15)16(21-2)17(22-3)18(19)23-13-9-5-4-6-10-13/h4-12H,1-3H3. The zero-order chi connectivity index (χ0) is 16.7. The van der Waals surface area contributed by atoms with E-state index in [4.69, 9.17) is 18.9 Å². The maximum Gasteiger partial charge on any atom is 0.383 e. The van der Waals surface area contributed by atoms with E-state index in [2.05, 4.69) is 0 Å². The van der Waals surface area contributed by atoms with Crippen LogP contribution in [-0.2, 0) is 14.3 Å². The van der Waals surface area contributed by atoms with Crippen molar-refractivity contribution in [2.24, 2.45) is 0 Å². The Kier molecular flexibility index (Phi) is 5.63. The molecule has 0 aliphatic heterocycles. The molecule has 0 N–H and O–H groups in total. The lowest BCUT2D eigenvalue weighted by atomic mass is 10.1. The fourth-order valence-electron chi connectivity index (χ4n) is 2.07. The Labute approximate surface area is 135 Å². The molecule has 5 heteroatoms. The van der Waals surface area contributed by atoms with Crippen molar-refractivity contribution in [3.05, 3.63) is 65.9 Å². The van der Waals surface area contributed by atoms with Crippen molar-refractivity contribution in [3.8, 4) is 11.5 Å². The summed E-state index contributed by atoms with van der Waals surface area (Å²) in [5.74, 6) is 0.530. The number of carbonyl (C=O) groups excluding carboxylic acids is 1. The highest BCUT2D eigenvalue weighted by atomic mass is 16.6. The van der Waals surface area contributed by atoms with E-state index in [0.717, 1.165) is 0 Å². The third-order valence-electron chi connectivity index (χ3n) is 3.11. The molecule has 0 aliphatic carbocycles. The van der Waals surface area contributed by atoms with E-state index in [-0.39, 0.29) is 11.5 Å². The third kappa shape index (κ3) is 3.83. The van der Waals surface area contributed by atoms with Crippen molar-refractivity contribution in [2.45, 2.75) is 0 Å². The van der Waals surface area contributed by atoms with E-state index in [1.54, 1.807) is 43.5 Å². The second kappa shape index (κ2) is 7.89. The van der Waals surface area contributed by atoms with Crippen LogP contribution < -0.4 is 9.47 Å². The minimum absolute atomic E-state index is 0.0409. The van der Waals surface area contributed by atoms with Crippen LogP contribution >= 0.6 is 0 Å². The van der Waals surface area contributed by atoms with Gasteiger partial charge in [-0.25, -0.2) is 4.79 Å². The molecule has 0 atom stereocenters. The molecule has 23 heavy (non-hydrogen) atoms. The van der Waals surface area contributed by atoms with Gasteiger partial charge >= 0.3 is 5.97 Å². The van der Waals surface area contributed by atoms with Gasteiger partial charge in [-0.05, 0) is 24.3 Å². The van der Waals surface area contributed by atoms with Gasteiger partial charge in [-0.3, -0.25) is 0 Å². The van der Waals surface area contributed by atoms with E-state index in [1.807, 2.05) is 18.2 Å². The summed E-state index contributed by atoms with van der Waals surface area (Å²) in [6, 6.07) is 15.9. The summed E-state index contributed by atoms with van der Waals surface area (Å²) in [4.78, 5) is 12.4. The number of carbonyl (C=O) groups is 1. The number of benzene rings is 2. The summed E-state index contributed by atoms with van der Waals surface area (Å²) in [5.41, 5.74) is 0.597. The number of esters is 1. The van der Waals surface area contributed by atoms with E-state index in [9.17, 15) is 4.79 Å². The Balaban J connectivity index is 2.41. The van der Waals surface area contributed by atoms with Gasteiger partial charge in [-0.2, -0.15) is 0 Å². The molecule has 0 spiro atoms. The van der Waals surface area contributed by atoms with Crippen LogP contribution in [-0.4, -0.2) is 27.3 Å². The molecule has 2 aromatic carbocycles. The van der Waals surface area contributed by atoms with Crippen LogP contribution in [0.4, 0.5) is 0 Å². The SMILES string of the molecule is COC(C(=O)Oc1ccccc1)=C(OC)c1ccccc1OC. The number of hydrogen-bond donors (Lipinski definition) is 0. The molecule has 0 aromatic heterocycles. The highest BCUT2D eigenvalue weighted by Crippen LogP contribution is 2.29. The molecule has 0 saturated heterocycles. The Morgan fingerprint density at radius 2 is 1.48 bits per heavy atom. The van der Waals surface area contributed by atoms with E-state index in [1.165, 1.54) is 14.2 Å². The first kappa shape index (κ1) is 16.4. The molecule has 120 valence electrons. The van der Waals surface area contributed by atoms with E-state index < -0.39 is 5.97 Å². The molecule has 0 fully saturated rings. The molecule has 0 radical (unpaired) electrons. The van der Waals surface area contributed by atoms with Gasteiger partial charge in [0.1, 0.15) is 11.5 Å². The molecule has 0 heterocycles. The number of hydrogen-bond acceptors (Lipinski definition) is 5. The van der Waals surface area contributed by atoms with Crippen molar-refractivity contribution in [1.82, 2.24) is 0 Å². The Morgan fingerprint density at radius 3 is 2.09 bits per heavy atom. The van der Waals surface area contributed by atoms with Crippen molar-refractivity contribution >= 4 is 11.7 Å². The van der Waals surface area contributed by atoms with Crippen LogP contribution in [0.15, 0.2) is 60.4 Å². The summed E-state index contributed by atoms with van der Waals surface area (Å²) >= 11 is 0. The first-order valence-corrected chi connectivity index (χ1v) is 6.94. The summed E-state index contributed by atoms with van der Waals surface area (Å²) in [6.07, 6.45) is 0. The zero-order valence-corrected chi connectivity index (χ0v) is 13.2. The van der Waals surface area contributed by atoms with Crippen molar-refractivity contribution in [1.29, 1.82) is 0 Å². The summed E-state index contributed by atoms with van der Waals surface area (Å²) < 4.78 is 21.2. The third-order valence-corrected chi connectivity index (χ3v) is 3.11. The lowest BCUT2D eigenvalue weighted by Crippen LogP contribution is -2.15. The van der Waals surface area contributed by atoms with Crippen molar-refractivity contribution in [3.63, 3.8) is 0 Å². The highest BCUT2D eigenvalue weighted by molar-refractivity contribution is 5.96. The van der Waals surface area contributed by atoms with Gasteiger partial charge in [0.25, 0.3) is 0 Å². The van der Waals surface area contributed by atoms with E-state index in [0.29, 0.717) is 17.1 Å². The van der Waals surface area contributed by atoms with Crippen molar-refractivity contribution in [2.75, 3.05) is 21.3 Å². The molecule has 2 aromatic rings. The molecule has 0 amide bonds. The van der Waals surface area contributed by atoms with Gasteiger partial charge in [0.05, 0.1) is 26.9 Å². The second-order valence-corrected chi connectivity index (χ2v) is 4.47. The first-order chi connectivity index (χ1) is 11.2. The average Bonchev–Trinajstić information content (AvgIpc) is 2.60. The Bertz CT molecular complexity index is 692. The molecular formula is C18H18O5. The predicted molar refractivity (Wildman–Crippen MR) is 86.0 cm³/mol. The molecule has 0 aliphatic rings. The van der Waals surface area contributed by atoms with Gasteiger partial charge in [0, 0.05) is 0 Å². The summed E-state index contributed by atoms with van der Waals surface area (Å²) in [5, 5.41) is 0. The lowest BCUT2D eigenvalue weighted by Gasteiger charge is -2.15. The molecular weight excluding hydrogens is 296 g/mol. The fourth-order valence-corrected chi connectivity index (χ4v) is 2.07. The van der Waals surface area contributed by atoms with Gasteiger partial charge in [-0.1, -0.05) is 30.3 Å². The summed E-state index contributed by atoms with van der Waals surface area (Å²) in [7, 11) is 4.38. The van der Waals surface area contributed by atoms with Crippen LogP contribution in [0.5, 0.6) is 11.5 Å². The first-order valence-electron chi connectivity index (χ1n) is 6.94. The average molecular weight is 314 g/mol. The smallest absolute Gasteiger partial charge is 0.383 e. The van der Waals surface area contributed by atoms with E-state index >= 15 is 0 Å². The Hall–Kier alpha value is -2.95. The fraction of sp³-hybridized carbons (Fsp3) is 0.167. The van der Waals surface area contributed by atoms with Crippen LogP contribution in [0.3, 0.4) is 0 Å².